The molecule has 0 spiro atoms. The van der Waals surface area contributed by atoms with E-state index in [1.807, 2.05) is 25.1 Å². The first-order chi connectivity index (χ1) is 9.40. The molecule has 1 aromatic carbocycles. The van der Waals surface area contributed by atoms with E-state index in [1.165, 1.54) is 0 Å². The molecule has 4 nitrogen and oxygen atoms in total. The molecule has 1 aliphatic heterocycles. The van der Waals surface area contributed by atoms with Crippen LogP contribution in [-0.4, -0.2) is 23.5 Å². The zero-order chi connectivity index (χ0) is 14.9. The summed E-state index contributed by atoms with van der Waals surface area (Å²) in [5.74, 6) is -0.336. The third-order valence-corrected chi connectivity index (χ3v) is 4.23. The maximum absolute atomic E-state index is 11.5. The Balaban J connectivity index is 2.38. The average Bonchev–Trinajstić information content (AvgIpc) is 2.39. The highest BCUT2D eigenvalue weighted by atomic mass is 32.1. The Hall–Kier alpha value is -1.62. The largest absolute Gasteiger partial charge is 0.389 e. The van der Waals surface area contributed by atoms with Gasteiger partial charge in [0, 0.05) is 23.8 Å². The molecule has 1 heterocycles. The van der Waals surface area contributed by atoms with Crippen molar-refractivity contribution in [2.45, 2.75) is 32.7 Å². The summed E-state index contributed by atoms with van der Waals surface area (Å²) in [6.07, 6.45) is 1.79. The minimum Gasteiger partial charge on any atom is -0.389 e. The van der Waals surface area contributed by atoms with E-state index in [9.17, 15) is 4.79 Å². The summed E-state index contributed by atoms with van der Waals surface area (Å²) in [5.41, 5.74) is 14.3. The molecular formula is C15H21N3OS. The molecule has 5 heteroatoms. The third-order valence-electron chi connectivity index (χ3n) is 4.01. The number of nitrogens with zero attached hydrogens (tertiary/aromatic N) is 1. The number of amides is 1. The first-order valence-electron chi connectivity index (χ1n) is 6.86. The summed E-state index contributed by atoms with van der Waals surface area (Å²) < 4.78 is 0. The monoisotopic (exact) mass is 291 g/mol. The van der Waals surface area contributed by atoms with E-state index in [4.69, 9.17) is 23.7 Å². The second-order valence-electron chi connectivity index (χ2n) is 5.56. The minimum absolute atomic E-state index is 0.105. The van der Waals surface area contributed by atoms with Gasteiger partial charge in [-0.2, -0.15) is 0 Å². The second kappa shape index (κ2) is 5.79. The van der Waals surface area contributed by atoms with E-state index in [0.29, 0.717) is 17.6 Å². The lowest BCUT2D eigenvalue weighted by molar-refractivity contribution is -0.122. The van der Waals surface area contributed by atoms with Crippen LogP contribution in [0.15, 0.2) is 18.2 Å². The fourth-order valence-electron chi connectivity index (χ4n) is 2.77. The van der Waals surface area contributed by atoms with E-state index in [0.717, 1.165) is 29.7 Å². The molecule has 1 saturated heterocycles. The van der Waals surface area contributed by atoms with Crippen molar-refractivity contribution in [2.75, 3.05) is 11.4 Å². The number of rotatable bonds is 3. The lowest BCUT2D eigenvalue weighted by Gasteiger charge is -2.39. The van der Waals surface area contributed by atoms with E-state index >= 15 is 0 Å². The fraction of sp³-hybridized carbons (Fsp3) is 0.467. The standard InChI is InChI=1S/C15H21N3OS/c1-9-3-6-13(12(7-9)15(17)20)18-8-11(14(16)19)5-4-10(18)2/h3,6-7,10-11H,4-5,8H2,1-2H3,(H2,16,19)(H2,17,20). The molecule has 0 aromatic heterocycles. The first kappa shape index (κ1) is 14.8. The zero-order valence-electron chi connectivity index (χ0n) is 11.9. The summed E-state index contributed by atoms with van der Waals surface area (Å²) in [6.45, 7) is 4.80. The summed E-state index contributed by atoms with van der Waals surface area (Å²) in [7, 11) is 0. The van der Waals surface area contributed by atoms with Gasteiger partial charge in [0.15, 0.2) is 0 Å². The van der Waals surface area contributed by atoms with Gasteiger partial charge in [-0.15, -0.1) is 0 Å². The maximum Gasteiger partial charge on any atom is 0.222 e. The second-order valence-corrected chi connectivity index (χ2v) is 6.00. The van der Waals surface area contributed by atoms with E-state index in [-0.39, 0.29) is 11.8 Å². The molecule has 1 aromatic rings. The molecule has 2 unspecified atom stereocenters. The SMILES string of the molecule is Cc1ccc(N2CC(C(N)=O)CCC2C)c(C(N)=S)c1. The van der Waals surface area contributed by atoms with Gasteiger partial charge in [-0.05, 0) is 38.8 Å². The predicted octanol–water partition coefficient (Wildman–Crippen LogP) is 1.72. The smallest absolute Gasteiger partial charge is 0.222 e. The number of carbonyl (C=O) groups is 1. The Kier molecular flexibility index (Phi) is 4.28. The summed E-state index contributed by atoms with van der Waals surface area (Å²) in [6, 6.07) is 6.42. The van der Waals surface area contributed by atoms with Crippen LogP contribution in [0.25, 0.3) is 0 Å². The average molecular weight is 291 g/mol. The lowest BCUT2D eigenvalue weighted by atomic mass is 9.91. The Morgan fingerprint density at radius 3 is 2.65 bits per heavy atom. The van der Waals surface area contributed by atoms with Gasteiger partial charge in [0.05, 0.1) is 5.92 Å². The van der Waals surface area contributed by atoms with Crippen molar-refractivity contribution in [3.05, 3.63) is 29.3 Å². The highest BCUT2D eigenvalue weighted by molar-refractivity contribution is 7.80. The van der Waals surface area contributed by atoms with E-state index in [2.05, 4.69) is 11.8 Å². The number of thiocarbonyl (C=S) groups is 1. The number of anilines is 1. The number of nitrogens with two attached hydrogens (primary N) is 2. The zero-order valence-corrected chi connectivity index (χ0v) is 12.7. The molecule has 2 atom stereocenters. The van der Waals surface area contributed by atoms with Gasteiger partial charge in [-0.1, -0.05) is 23.8 Å². The van der Waals surface area contributed by atoms with Gasteiger partial charge in [0.1, 0.15) is 4.99 Å². The van der Waals surface area contributed by atoms with Crippen molar-refractivity contribution >= 4 is 28.8 Å². The molecule has 0 saturated carbocycles. The van der Waals surface area contributed by atoms with Crippen LogP contribution >= 0.6 is 12.2 Å². The van der Waals surface area contributed by atoms with Crippen LogP contribution in [0.1, 0.15) is 30.9 Å². The van der Waals surface area contributed by atoms with Crippen LogP contribution in [0.4, 0.5) is 5.69 Å². The molecule has 108 valence electrons. The van der Waals surface area contributed by atoms with Crippen molar-refractivity contribution in [1.29, 1.82) is 0 Å². The molecule has 20 heavy (non-hydrogen) atoms. The number of aryl methyl sites for hydroxylation is 1. The maximum atomic E-state index is 11.5. The fourth-order valence-corrected chi connectivity index (χ4v) is 2.94. The van der Waals surface area contributed by atoms with Crippen molar-refractivity contribution in [3.8, 4) is 0 Å². The number of hydrogen-bond acceptors (Lipinski definition) is 3. The van der Waals surface area contributed by atoms with Crippen LogP contribution < -0.4 is 16.4 Å². The lowest BCUT2D eigenvalue weighted by Crippen LogP contribution is -2.46. The van der Waals surface area contributed by atoms with E-state index < -0.39 is 0 Å². The van der Waals surface area contributed by atoms with Crippen LogP contribution in [0.3, 0.4) is 0 Å². The van der Waals surface area contributed by atoms with Crippen molar-refractivity contribution in [1.82, 2.24) is 0 Å². The summed E-state index contributed by atoms with van der Waals surface area (Å²) >= 11 is 5.16. The molecule has 0 bridgehead atoms. The molecule has 1 aliphatic rings. The number of hydrogen-bond donors (Lipinski definition) is 2. The van der Waals surface area contributed by atoms with E-state index in [1.54, 1.807) is 0 Å². The van der Waals surface area contributed by atoms with Gasteiger partial charge in [0.2, 0.25) is 5.91 Å². The van der Waals surface area contributed by atoms with Crippen LogP contribution in [-0.2, 0) is 4.79 Å². The van der Waals surface area contributed by atoms with Crippen LogP contribution in [0, 0.1) is 12.8 Å². The Morgan fingerprint density at radius 1 is 1.35 bits per heavy atom. The van der Waals surface area contributed by atoms with Gasteiger partial charge in [-0.3, -0.25) is 4.79 Å². The minimum atomic E-state index is -0.231. The van der Waals surface area contributed by atoms with Crippen LogP contribution in [0.5, 0.6) is 0 Å². The van der Waals surface area contributed by atoms with Gasteiger partial charge in [0.25, 0.3) is 0 Å². The Morgan fingerprint density at radius 2 is 2.05 bits per heavy atom. The summed E-state index contributed by atoms with van der Waals surface area (Å²) in [4.78, 5) is 14.0. The van der Waals surface area contributed by atoms with Gasteiger partial charge in [-0.25, -0.2) is 0 Å². The highest BCUT2D eigenvalue weighted by Crippen LogP contribution is 2.30. The number of primary amides is 1. The molecule has 1 fully saturated rings. The molecule has 2 rings (SSSR count). The number of piperidine rings is 1. The molecule has 0 aliphatic carbocycles. The van der Waals surface area contributed by atoms with Gasteiger partial charge >= 0.3 is 0 Å². The van der Waals surface area contributed by atoms with Crippen molar-refractivity contribution < 1.29 is 4.79 Å². The normalized spacial score (nSPS) is 22.6. The quantitative estimate of drug-likeness (QED) is 0.832. The number of carbonyl (C=O) groups excluding carboxylic acids is 1. The topological polar surface area (TPSA) is 72.3 Å². The molecule has 0 radical (unpaired) electrons. The molecule has 1 amide bonds. The predicted molar refractivity (Wildman–Crippen MR) is 85.8 cm³/mol. The van der Waals surface area contributed by atoms with Crippen molar-refractivity contribution in [2.24, 2.45) is 17.4 Å². The summed E-state index contributed by atoms with van der Waals surface area (Å²) in [5, 5.41) is 0. The highest BCUT2D eigenvalue weighted by Gasteiger charge is 2.30. The first-order valence-corrected chi connectivity index (χ1v) is 7.27. The van der Waals surface area contributed by atoms with Gasteiger partial charge < -0.3 is 16.4 Å². The third kappa shape index (κ3) is 2.93. The number of benzene rings is 1. The molecular weight excluding hydrogens is 270 g/mol. The Bertz CT molecular complexity index is 544. The Labute approximate surface area is 125 Å². The van der Waals surface area contributed by atoms with Crippen molar-refractivity contribution in [3.63, 3.8) is 0 Å². The molecule has 4 N–H and O–H groups in total. The van der Waals surface area contributed by atoms with Crippen LogP contribution in [0.2, 0.25) is 0 Å².